The lowest BCUT2D eigenvalue weighted by Gasteiger charge is -2.15. The molecule has 2 unspecified atom stereocenters. The molecule has 0 spiro atoms. The van der Waals surface area contributed by atoms with Gasteiger partial charge >= 0.3 is 0 Å². The maximum atomic E-state index is 14.5. The zero-order valence-corrected chi connectivity index (χ0v) is 17.0. The van der Waals surface area contributed by atoms with Gasteiger partial charge in [-0.25, -0.2) is 14.4 Å². The highest BCUT2D eigenvalue weighted by atomic mass is 32.2. The number of amidine groups is 1. The Kier molecular flexibility index (Phi) is 6.32. The van der Waals surface area contributed by atoms with Gasteiger partial charge in [-0.2, -0.15) is 0 Å². The first-order chi connectivity index (χ1) is 13.9. The first-order valence-corrected chi connectivity index (χ1v) is 10.4. The zero-order valence-electron chi connectivity index (χ0n) is 16.2. The summed E-state index contributed by atoms with van der Waals surface area (Å²) in [5.74, 6) is 0.870. The second kappa shape index (κ2) is 8.91. The molecular weight excluding hydrogens is 395 g/mol. The number of pyridine rings is 3. The number of aliphatic imine (C=N–C) groups is 1. The van der Waals surface area contributed by atoms with Crippen LogP contribution in [0.2, 0.25) is 0 Å². The molecule has 152 valence electrons. The Morgan fingerprint density at radius 1 is 1.34 bits per heavy atom. The van der Waals surface area contributed by atoms with Gasteiger partial charge in [0.25, 0.3) is 0 Å². The van der Waals surface area contributed by atoms with Crippen LogP contribution in [0.3, 0.4) is 0 Å². The van der Waals surface area contributed by atoms with Crippen LogP contribution >= 0.6 is 0 Å². The number of nitrogens with one attached hydrogen (secondary N) is 1. The monoisotopic (exact) mass is 416 g/mol. The van der Waals surface area contributed by atoms with Crippen LogP contribution in [-0.2, 0) is 10.8 Å². The summed E-state index contributed by atoms with van der Waals surface area (Å²) in [6.07, 6.45) is 5.85. The van der Waals surface area contributed by atoms with E-state index in [0.29, 0.717) is 28.3 Å². The van der Waals surface area contributed by atoms with Gasteiger partial charge in [0.1, 0.15) is 22.9 Å². The van der Waals surface area contributed by atoms with Crippen molar-refractivity contribution in [2.45, 2.75) is 13.0 Å². The Hall–Kier alpha value is -3.14. The Labute approximate surface area is 169 Å². The van der Waals surface area contributed by atoms with Crippen LogP contribution in [0, 0.1) is 5.82 Å². The molecule has 0 bridgehead atoms. The highest BCUT2D eigenvalue weighted by molar-refractivity contribution is 7.84. The lowest BCUT2D eigenvalue weighted by molar-refractivity contribution is 0.413. The molecule has 3 rings (SSSR count). The summed E-state index contributed by atoms with van der Waals surface area (Å²) in [6.45, 7) is 1.60. The van der Waals surface area contributed by atoms with Crippen LogP contribution in [0.4, 0.5) is 15.9 Å². The maximum Gasteiger partial charge on any atom is 0.147 e. The third-order valence-corrected chi connectivity index (χ3v) is 4.83. The Bertz CT molecular complexity index is 1090. The number of methoxy groups -OCH3 is 1. The van der Waals surface area contributed by atoms with Crippen molar-refractivity contribution in [3.8, 4) is 5.75 Å². The van der Waals surface area contributed by atoms with Crippen LogP contribution in [-0.4, -0.2) is 44.1 Å². The second-order valence-electron chi connectivity index (χ2n) is 6.34. The fourth-order valence-electron chi connectivity index (χ4n) is 2.80. The van der Waals surface area contributed by atoms with Crippen molar-refractivity contribution in [3.05, 3.63) is 48.2 Å². The van der Waals surface area contributed by atoms with Gasteiger partial charge in [0, 0.05) is 40.6 Å². The molecule has 8 nitrogen and oxygen atoms in total. The third kappa shape index (κ3) is 5.02. The maximum absolute atomic E-state index is 14.5. The number of rotatable bonds is 7. The van der Waals surface area contributed by atoms with Gasteiger partial charge in [-0.1, -0.05) is 0 Å². The van der Waals surface area contributed by atoms with Crippen molar-refractivity contribution in [1.82, 2.24) is 15.0 Å². The highest BCUT2D eigenvalue weighted by Crippen LogP contribution is 2.28. The van der Waals surface area contributed by atoms with Gasteiger partial charge in [0.05, 0.1) is 42.6 Å². The van der Waals surface area contributed by atoms with Crippen LogP contribution < -0.4 is 15.8 Å². The standard InChI is InChI=1S/C19H21FN6O2S/c1-11(21)25-17(10-29(3)27)13-7-18(23-9-14(13)20)26-15-4-5-22-16-6-12(28-2)8-24-19(15)16/h4-9,17H,10H2,1-3H3,(H2,21,25)(H,22,23,26). The molecular formula is C19H21FN6O2S. The summed E-state index contributed by atoms with van der Waals surface area (Å²) >= 11 is 0. The molecule has 3 N–H and O–H groups in total. The molecule has 0 aliphatic carbocycles. The number of halogens is 1. The number of hydrogen-bond acceptors (Lipinski definition) is 7. The predicted octanol–water partition coefficient (Wildman–Crippen LogP) is 2.71. The molecule has 3 aromatic rings. The van der Waals surface area contributed by atoms with Gasteiger partial charge in [-0.15, -0.1) is 0 Å². The summed E-state index contributed by atoms with van der Waals surface area (Å²) < 4.78 is 31.4. The SMILES string of the molecule is COc1cnc2c(Nc3cc(C(CS(C)=O)N=C(C)N)c(F)cn3)ccnc2c1. The molecule has 0 radical (unpaired) electrons. The van der Waals surface area contributed by atoms with Crippen molar-refractivity contribution in [3.63, 3.8) is 0 Å². The first kappa shape index (κ1) is 20.6. The summed E-state index contributed by atoms with van der Waals surface area (Å²) in [7, 11) is 0.368. The van der Waals surface area contributed by atoms with Gasteiger partial charge in [-0.3, -0.25) is 14.2 Å². The number of fused-ring (bicyclic) bond motifs is 1. The summed E-state index contributed by atoms with van der Waals surface area (Å²) in [4.78, 5) is 17.0. The topological polar surface area (TPSA) is 115 Å². The lowest BCUT2D eigenvalue weighted by atomic mass is 10.1. The molecule has 0 aliphatic heterocycles. The number of anilines is 2. The van der Waals surface area contributed by atoms with Crippen LogP contribution in [0.1, 0.15) is 18.5 Å². The molecule has 0 fully saturated rings. The Morgan fingerprint density at radius 3 is 2.83 bits per heavy atom. The van der Waals surface area contributed by atoms with Gasteiger partial charge in [-0.05, 0) is 19.1 Å². The number of ether oxygens (including phenoxy) is 1. The quantitative estimate of drug-likeness (QED) is 0.449. The van der Waals surface area contributed by atoms with Crippen molar-refractivity contribution >= 4 is 39.2 Å². The Morgan fingerprint density at radius 2 is 2.14 bits per heavy atom. The van der Waals surface area contributed by atoms with Crippen molar-refractivity contribution in [1.29, 1.82) is 0 Å². The minimum absolute atomic E-state index is 0.147. The summed E-state index contributed by atoms with van der Waals surface area (Å²) in [6, 6.07) is 4.37. The van der Waals surface area contributed by atoms with Crippen molar-refractivity contribution in [2.75, 3.05) is 24.4 Å². The van der Waals surface area contributed by atoms with E-state index >= 15 is 0 Å². The van der Waals surface area contributed by atoms with E-state index < -0.39 is 22.7 Å². The third-order valence-electron chi connectivity index (χ3n) is 4.05. The summed E-state index contributed by atoms with van der Waals surface area (Å²) in [5, 5.41) is 3.14. The molecule has 0 aromatic carbocycles. The predicted molar refractivity (Wildman–Crippen MR) is 113 cm³/mol. The highest BCUT2D eigenvalue weighted by Gasteiger charge is 2.18. The minimum Gasteiger partial charge on any atom is -0.495 e. The van der Waals surface area contributed by atoms with E-state index in [1.165, 1.54) is 12.3 Å². The molecule has 2 atom stereocenters. The van der Waals surface area contributed by atoms with E-state index in [9.17, 15) is 8.60 Å². The number of hydrogen-bond donors (Lipinski definition) is 2. The van der Waals surface area contributed by atoms with E-state index in [0.717, 1.165) is 6.20 Å². The largest absolute Gasteiger partial charge is 0.495 e. The van der Waals surface area contributed by atoms with Gasteiger partial charge in [0.2, 0.25) is 0 Å². The smallest absolute Gasteiger partial charge is 0.147 e. The fourth-order valence-corrected chi connectivity index (χ4v) is 3.50. The van der Waals surface area contributed by atoms with Crippen molar-refractivity contribution < 1.29 is 13.3 Å². The molecule has 10 heteroatoms. The summed E-state index contributed by atoms with van der Waals surface area (Å²) in [5.41, 5.74) is 7.84. The first-order valence-electron chi connectivity index (χ1n) is 8.68. The number of nitrogens with zero attached hydrogens (tertiary/aromatic N) is 4. The number of aromatic nitrogens is 3. The fraction of sp³-hybridized carbons (Fsp3) is 0.263. The minimum atomic E-state index is -1.19. The number of nitrogens with two attached hydrogens (primary N) is 1. The van der Waals surface area contributed by atoms with E-state index in [1.807, 2.05) is 0 Å². The molecule has 0 saturated heterocycles. The lowest BCUT2D eigenvalue weighted by Crippen LogP contribution is -2.15. The Balaban J connectivity index is 1.99. The van der Waals surface area contributed by atoms with Gasteiger partial charge in [0.15, 0.2) is 0 Å². The molecule has 0 amide bonds. The van der Waals surface area contributed by atoms with E-state index in [2.05, 4.69) is 25.3 Å². The van der Waals surface area contributed by atoms with E-state index in [4.69, 9.17) is 10.5 Å². The average molecular weight is 416 g/mol. The van der Waals surface area contributed by atoms with E-state index in [1.54, 1.807) is 38.6 Å². The van der Waals surface area contributed by atoms with E-state index in [-0.39, 0.29) is 17.2 Å². The second-order valence-corrected chi connectivity index (χ2v) is 7.82. The van der Waals surface area contributed by atoms with Crippen molar-refractivity contribution in [2.24, 2.45) is 10.7 Å². The molecule has 0 saturated carbocycles. The van der Waals surface area contributed by atoms with Gasteiger partial charge < -0.3 is 15.8 Å². The van der Waals surface area contributed by atoms with Crippen LogP contribution in [0.5, 0.6) is 5.75 Å². The molecule has 3 heterocycles. The molecule has 29 heavy (non-hydrogen) atoms. The van der Waals surface area contributed by atoms with Crippen LogP contribution in [0.25, 0.3) is 11.0 Å². The normalized spacial score (nSPS) is 13.9. The molecule has 0 aliphatic rings. The average Bonchev–Trinajstić information content (AvgIpc) is 2.68. The zero-order chi connectivity index (χ0) is 21.0. The molecule has 3 aromatic heterocycles. The van der Waals surface area contributed by atoms with Crippen LogP contribution in [0.15, 0.2) is 41.8 Å².